The second-order valence-corrected chi connectivity index (χ2v) is 13.8. The molecule has 39 heavy (non-hydrogen) atoms. The van der Waals surface area contributed by atoms with Crippen molar-refractivity contribution in [3.8, 4) is 6.07 Å². The van der Waals surface area contributed by atoms with Crippen LogP contribution in [0.15, 0.2) is 36.7 Å². The minimum Gasteiger partial charge on any atom is -0.363 e. The lowest BCUT2D eigenvalue weighted by Crippen LogP contribution is -2.45. The molecule has 0 unspecified atom stereocenters. The summed E-state index contributed by atoms with van der Waals surface area (Å²) in [4.78, 5) is 28.0. The van der Waals surface area contributed by atoms with Crippen LogP contribution in [0.25, 0.3) is 16.7 Å². The number of anilines is 1. The first-order valence-corrected chi connectivity index (χ1v) is 15.2. The minimum atomic E-state index is -2.95. The highest BCUT2D eigenvalue weighted by atomic mass is 31.2. The van der Waals surface area contributed by atoms with E-state index in [2.05, 4.69) is 21.4 Å². The Morgan fingerprint density at radius 2 is 1.95 bits per heavy atom. The smallest absolute Gasteiger partial charge is 0.260 e. The monoisotopic (exact) mass is 545 g/mol. The highest BCUT2D eigenvalue weighted by molar-refractivity contribution is 7.72. The van der Waals surface area contributed by atoms with Gasteiger partial charge in [-0.1, -0.05) is 12.1 Å². The molecule has 11 heteroatoms. The molecule has 1 amide bonds. The Kier molecular flexibility index (Phi) is 5.96. The fraction of sp³-hybridized carbons (Fsp3) is 0.393. The van der Waals surface area contributed by atoms with Crippen molar-refractivity contribution in [1.29, 1.82) is 5.26 Å². The van der Waals surface area contributed by atoms with Crippen LogP contribution in [0.4, 0.5) is 10.2 Å². The standard InChI is InChI=1S/C28H29FN7O2P/c1-17-20(16-30)5-4-6-21(17)18(2)32-24-22-15-23(26-31-9-10-36(26)25(22)34-19(3)33-24)39(38)13-11-35(12-14-39)27(37)28(29)7-8-28/h4-6,9-10,15,18H,7-8,11-14H2,1-3H3,(H,32,33,34)/t18-/m1/s1. The summed E-state index contributed by atoms with van der Waals surface area (Å²) in [7, 11) is -2.95. The van der Waals surface area contributed by atoms with Crippen molar-refractivity contribution < 1.29 is 13.8 Å². The first-order valence-electron chi connectivity index (χ1n) is 13.1. The molecule has 0 spiro atoms. The zero-order chi connectivity index (χ0) is 27.5. The van der Waals surface area contributed by atoms with E-state index in [0.29, 0.717) is 39.2 Å². The minimum absolute atomic E-state index is 0.168. The average molecular weight is 546 g/mol. The molecule has 0 bridgehead atoms. The van der Waals surface area contributed by atoms with Crippen molar-refractivity contribution in [2.24, 2.45) is 0 Å². The van der Waals surface area contributed by atoms with Gasteiger partial charge >= 0.3 is 0 Å². The summed E-state index contributed by atoms with van der Waals surface area (Å²) >= 11 is 0. The lowest BCUT2D eigenvalue weighted by molar-refractivity contribution is -0.137. The zero-order valence-electron chi connectivity index (χ0n) is 22.1. The van der Waals surface area contributed by atoms with Crippen LogP contribution < -0.4 is 10.6 Å². The molecule has 0 radical (unpaired) electrons. The Morgan fingerprint density at radius 1 is 1.21 bits per heavy atom. The Morgan fingerprint density at radius 3 is 2.64 bits per heavy atom. The first-order chi connectivity index (χ1) is 18.6. The number of rotatable bonds is 5. The number of benzene rings is 1. The van der Waals surface area contributed by atoms with E-state index in [9.17, 15) is 19.0 Å². The number of halogens is 1. The summed E-state index contributed by atoms with van der Waals surface area (Å²) < 4.78 is 30.6. The number of nitrogens with one attached hydrogen (secondary N) is 1. The number of hydrogen-bond acceptors (Lipinski definition) is 7. The van der Waals surface area contributed by atoms with E-state index in [1.165, 1.54) is 4.90 Å². The van der Waals surface area contributed by atoms with Gasteiger partial charge in [-0.15, -0.1) is 0 Å². The van der Waals surface area contributed by atoms with Crippen molar-refractivity contribution in [1.82, 2.24) is 24.3 Å². The van der Waals surface area contributed by atoms with Crippen LogP contribution in [0.2, 0.25) is 0 Å². The number of alkyl halides is 1. The Hall–Kier alpha value is -3.83. The molecule has 4 aromatic rings. The van der Waals surface area contributed by atoms with E-state index in [1.54, 1.807) is 18.5 Å². The fourth-order valence-electron chi connectivity index (χ4n) is 5.52. The molecular formula is C28H29FN7O2P. The highest BCUT2D eigenvalue weighted by Gasteiger charge is 2.53. The fourth-order valence-corrected chi connectivity index (χ4v) is 8.25. The number of nitriles is 1. The number of carbonyl (C=O) groups excluding carboxylic acids is 1. The molecule has 4 heterocycles. The number of nitrogens with zero attached hydrogens (tertiary/aromatic N) is 6. The molecule has 1 aromatic carbocycles. The van der Waals surface area contributed by atoms with Gasteiger partial charge in [-0.2, -0.15) is 5.26 Å². The van der Waals surface area contributed by atoms with E-state index >= 15 is 0 Å². The van der Waals surface area contributed by atoms with Gasteiger partial charge in [0.2, 0.25) is 0 Å². The van der Waals surface area contributed by atoms with Crippen LogP contribution in [0.3, 0.4) is 0 Å². The predicted octanol–water partition coefficient (Wildman–Crippen LogP) is 4.27. The molecular weight excluding hydrogens is 516 g/mol. The first kappa shape index (κ1) is 25.4. The van der Waals surface area contributed by atoms with Crippen molar-refractivity contribution >= 4 is 40.9 Å². The molecule has 1 N–H and O–H groups in total. The molecule has 6 rings (SSSR count). The van der Waals surface area contributed by atoms with E-state index in [0.717, 1.165) is 11.1 Å². The van der Waals surface area contributed by atoms with Crippen LogP contribution in [0.5, 0.6) is 0 Å². The summed E-state index contributed by atoms with van der Waals surface area (Å²) in [5.41, 5.74) is 2.00. The number of hydrogen-bond donors (Lipinski definition) is 1. The lowest BCUT2D eigenvalue weighted by atomic mass is 9.98. The molecule has 3 aromatic heterocycles. The summed E-state index contributed by atoms with van der Waals surface area (Å²) in [6.45, 7) is 6.27. The summed E-state index contributed by atoms with van der Waals surface area (Å²) in [5.74, 6) is 0.691. The maximum Gasteiger partial charge on any atom is 0.260 e. The van der Waals surface area contributed by atoms with Gasteiger partial charge in [0.1, 0.15) is 24.4 Å². The van der Waals surface area contributed by atoms with Gasteiger partial charge in [-0.25, -0.2) is 19.3 Å². The topological polar surface area (TPSA) is 116 Å². The zero-order valence-corrected chi connectivity index (χ0v) is 23.0. The maximum atomic E-state index is 14.4. The molecule has 2 fully saturated rings. The van der Waals surface area contributed by atoms with Gasteiger partial charge in [0, 0.05) is 37.8 Å². The summed E-state index contributed by atoms with van der Waals surface area (Å²) in [6.07, 6.45) is 4.55. The second kappa shape index (κ2) is 9.13. The number of pyridine rings is 1. The van der Waals surface area contributed by atoms with Crippen molar-refractivity contribution in [3.05, 3.63) is 59.2 Å². The van der Waals surface area contributed by atoms with Gasteiger partial charge in [0.05, 0.1) is 28.4 Å². The van der Waals surface area contributed by atoms with Crippen LogP contribution in [-0.2, 0) is 9.36 Å². The van der Waals surface area contributed by atoms with E-state index in [-0.39, 0.29) is 44.3 Å². The largest absolute Gasteiger partial charge is 0.363 e. The van der Waals surface area contributed by atoms with Crippen LogP contribution in [-0.4, -0.2) is 61.2 Å². The van der Waals surface area contributed by atoms with Gasteiger partial charge in [-0.3, -0.25) is 9.20 Å². The van der Waals surface area contributed by atoms with Gasteiger partial charge in [0.15, 0.2) is 11.3 Å². The molecule has 1 aliphatic carbocycles. The molecule has 200 valence electrons. The van der Waals surface area contributed by atoms with Crippen molar-refractivity contribution in [3.63, 3.8) is 0 Å². The van der Waals surface area contributed by atoms with Crippen LogP contribution >= 0.6 is 7.14 Å². The maximum absolute atomic E-state index is 14.4. The number of fused-ring (bicyclic) bond motifs is 3. The number of carbonyl (C=O) groups is 1. The molecule has 9 nitrogen and oxygen atoms in total. The molecule has 1 saturated heterocycles. The Labute approximate surface area is 225 Å². The van der Waals surface area contributed by atoms with Crippen molar-refractivity contribution in [2.75, 3.05) is 30.7 Å². The average Bonchev–Trinajstić information content (AvgIpc) is 3.47. The van der Waals surface area contributed by atoms with Crippen molar-refractivity contribution in [2.45, 2.75) is 45.3 Å². The predicted molar refractivity (Wildman–Crippen MR) is 148 cm³/mol. The number of imidazole rings is 1. The van der Waals surface area contributed by atoms with E-state index in [4.69, 9.17) is 4.98 Å². The third kappa shape index (κ3) is 4.25. The third-order valence-corrected chi connectivity index (χ3v) is 11.0. The number of aryl methyl sites for hydroxylation is 1. The van der Waals surface area contributed by atoms with Crippen LogP contribution in [0.1, 0.15) is 48.3 Å². The molecule has 1 saturated carbocycles. The number of aromatic nitrogens is 4. The van der Waals surface area contributed by atoms with E-state index in [1.807, 2.05) is 43.4 Å². The molecule has 1 aliphatic heterocycles. The van der Waals surface area contributed by atoms with E-state index < -0.39 is 18.7 Å². The molecule has 2 aliphatic rings. The van der Waals surface area contributed by atoms with Crippen LogP contribution in [0, 0.1) is 25.2 Å². The SMILES string of the molecule is Cc1nc(N[C@H](C)c2cccc(C#N)c2C)c2cc(P3(=O)CCN(C(=O)C4(F)CC4)CC3)c3nccn3c2n1. The quantitative estimate of drug-likeness (QED) is 0.372. The highest BCUT2D eigenvalue weighted by Crippen LogP contribution is 2.49. The number of amides is 1. The van der Waals surface area contributed by atoms with Gasteiger partial charge < -0.3 is 14.8 Å². The summed E-state index contributed by atoms with van der Waals surface area (Å²) in [5, 5.41) is 14.3. The molecule has 1 atom stereocenters. The Balaban J connectivity index is 1.40. The normalized spacial score (nSPS) is 18.6. The third-order valence-electron chi connectivity index (χ3n) is 7.99. The second-order valence-electron chi connectivity index (χ2n) is 10.6. The van der Waals surface area contributed by atoms with Gasteiger partial charge in [0.25, 0.3) is 5.91 Å². The lowest BCUT2D eigenvalue weighted by Gasteiger charge is -2.33. The van der Waals surface area contributed by atoms with Gasteiger partial charge in [-0.05, 0) is 56.9 Å². The Bertz CT molecular complexity index is 1730. The summed E-state index contributed by atoms with van der Waals surface area (Å²) in [6, 6.07) is 9.60.